The molecule has 4 nitrogen and oxygen atoms in total. The quantitative estimate of drug-likeness (QED) is 0.181. The topological polar surface area (TPSA) is 51.6 Å². The van der Waals surface area contributed by atoms with Crippen molar-refractivity contribution in [1.29, 1.82) is 0 Å². The summed E-state index contributed by atoms with van der Waals surface area (Å²) in [5.41, 5.74) is 8.35. The lowest BCUT2D eigenvalue weighted by molar-refractivity contribution is 0.766. The summed E-state index contributed by atoms with van der Waals surface area (Å²) < 4.78 is 0. The standard InChI is InChI=1S/C46H32N4/c1-3-13-34(14-4-1)42-29-41(30-43(47-42)35-15-5-2-6-16-35)33-19-23-36(24-20-33)44-48-45(39-25-21-31-11-7-9-17-37(31)27-39)50-46(49-44)40-26-22-32-12-8-10-18-38(32)28-40/h1-23,25-30,36H,24H2. The zero-order chi connectivity index (χ0) is 33.3. The molecule has 0 fully saturated rings. The first kappa shape index (κ1) is 29.6. The van der Waals surface area contributed by atoms with Gasteiger partial charge in [0.05, 0.1) is 11.4 Å². The van der Waals surface area contributed by atoms with Gasteiger partial charge in [-0.05, 0) is 63.4 Å². The fourth-order valence-electron chi connectivity index (χ4n) is 6.71. The van der Waals surface area contributed by atoms with Crippen LogP contribution in [0.2, 0.25) is 0 Å². The zero-order valence-electron chi connectivity index (χ0n) is 27.3. The smallest absolute Gasteiger partial charge is 0.163 e. The summed E-state index contributed by atoms with van der Waals surface area (Å²) in [5.74, 6) is 2.13. The Morgan fingerprint density at radius 1 is 0.400 bits per heavy atom. The number of rotatable bonds is 6. The van der Waals surface area contributed by atoms with Gasteiger partial charge in [-0.1, -0.05) is 152 Å². The molecule has 1 aliphatic carbocycles. The first-order chi connectivity index (χ1) is 24.7. The maximum absolute atomic E-state index is 5.11. The van der Waals surface area contributed by atoms with E-state index in [1.807, 2.05) is 12.1 Å². The Balaban J connectivity index is 1.10. The molecule has 9 rings (SSSR count). The second kappa shape index (κ2) is 12.8. The predicted octanol–water partition coefficient (Wildman–Crippen LogP) is 11.4. The minimum absolute atomic E-state index is 0.00388. The molecule has 2 heterocycles. The van der Waals surface area contributed by atoms with Crippen LogP contribution < -0.4 is 0 Å². The summed E-state index contributed by atoms with van der Waals surface area (Å²) in [5, 5.41) is 4.70. The van der Waals surface area contributed by atoms with Crippen LogP contribution in [0.4, 0.5) is 0 Å². The Bertz CT molecular complexity index is 2420. The molecule has 0 aliphatic heterocycles. The molecular weight excluding hydrogens is 609 g/mol. The molecule has 2 aromatic heterocycles. The van der Waals surface area contributed by atoms with Crippen molar-refractivity contribution in [1.82, 2.24) is 19.9 Å². The van der Waals surface area contributed by atoms with Crippen molar-refractivity contribution in [2.75, 3.05) is 0 Å². The zero-order valence-corrected chi connectivity index (χ0v) is 27.3. The molecule has 0 saturated carbocycles. The molecule has 0 saturated heterocycles. The highest BCUT2D eigenvalue weighted by Gasteiger charge is 2.20. The molecule has 0 N–H and O–H groups in total. The largest absolute Gasteiger partial charge is 0.248 e. The molecule has 1 atom stereocenters. The molecule has 236 valence electrons. The van der Waals surface area contributed by atoms with E-state index >= 15 is 0 Å². The van der Waals surface area contributed by atoms with Crippen LogP contribution in [-0.4, -0.2) is 19.9 Å². The third-order valence-electron chi connectivity index (χ3n) is 9.40. The molecule has 8 aromatic rings. The average Bonchev–Trinajstić information content (AvgIpc) is 3.21. The van der Waals surface area contributed by atoms with E-state index in [2.05, 4.69) is 164 Å². The van der Waals surface area contributed by atoms with Gasteiger partial charge in [0.1, 0.15) is 5.82 Å². The number of allylic oxidation sites excluding steroid dienone is 4. The molecular formula is C46H32N4. The van der Waals surface area contributed by atoms with Crippen LogP contribution in [0.1, 0.15) is 23.7 Å². The molecule has 0 spiro atoms. The van der Waals surface area contributed by atoms with Crippen molar-refractivity contribution >= 4 is 27.1 Å². The lowest BCUT2D eigenvalue weighted by atomic mass is 9.91. The van der Waals surface area contributed by atoms with E-state index < -0.39 is 0 Å². The van der Waals surface area contributed by atoms with Crippen LogP contribution in [0.15, 0.2) is 176 Å². The molecule has 1 aliphatic rings. The first-order valence-corrected chi connectivity index (χ1v) is 17.0. The summed E-state index contributed by atoms with van der Waals surface area (Å²) >= 11 is 0. The highest BCUT2D eigenvalue weighted by molar-refractivity contribution is 5.88. The number of aromatic nitrogens is 4. The van der Waals surface area contributed by atoms with Gasteiger partial charge in [0.2, 0.25) is 0 Å². The Kier molecular flexibility index (Phi) is 7.60. The summed E-state index contributed by atoms with van der Waals surface area (Å²) in [6.45, 7) is 0. The number of hydrogen-bond acceptors (Lipinski definition) is 4. The molecule has 0 bridgehead atoms. The lowest BCUT2D eigenvalue weighted by Gasteiger charge is -2.18. The maximum atomic E-state index is 5.11. The fraction of sp³-hybridized carbons (Fsp3) is 0.0435. The van der Waals surface area contributed by atoms with Gasteiger partial charge in [-0.2, -0.15) is 0 Å². The molecule has 1 unspecified atom stereocenters. The van der Waals surface area contributed by atoms with Crippen LogP contribution in [-0.2, 0) is 0 Å². The van der Waals surface area contributed by atoms with Gasteiger partial charge in [0, 0.05) is 28.2 Å². The maximum Gasteiger partial charge on any atom is 0.163 e. The van der Waals surface area contributed by atoms with Crippen molar-refractivity contribution in [3.63, 3.8) is 0 Å². The minimum atomic E-state index is 0.00388. The van der Waals surface area contributed by atoms with E-state index in [4.69, 9.17) is 19.9 Å². The van der Waals surface area contributed by atoms with Crippen molar-refractivity contribution in [3.8, 4) is 45.3 Å². The lowest BCUT2D eigenvalue weighted by Crippen LogP contribution is -2.08. The van der Waals surface area contributed by atoms with Gasteiger partial charge in [0.25, 0.3) is 0 Å². The fourth-order valence-corrected chi connectivity index (χ4v) is 6.71. The Morgan fingerprint density at radius 3 is 1.40 bits per heavy atom. The normalized spacial score (nSPS) is 14.2. The molecule has 0 amide bonds. The Labute approximate surface area is 291 Å². The highest BCUT2D eigenvalue weighted by Crippen LogP contribution is 2.35. The second-order valence-corrected chi connectivity index (χ2v) is 12.7. The van der Waals surface area contributed by atoms with Gasteiger partial charge in [-0.25, -0.2) is 19.9 Å². The Morgan fingerprint density at radius 2 is 0.900 bits per heavy atom. The van der Waals surface area contributed by atoms with Gasteiger partial charge >= 0.3 is 0 Å². The minimum Gasteiger partial charge on any atom is -0.248 e. The number of benzene rings is 6. The van der Waals surface area contributed by atoms with Crippen LogP contribution in [0, 0.1) is 0 Å². The van der Waals surface area contributed by atoms with E-state index in [1.165, 1.54) is 10.8 Å². The summed E-state index contributed by atoms with van der Waals surface area (Å²) in [6, 6.07) is 54.8. The third kappa shape index (κ3) is 5.88. The summed E-state index contributed by atoms with van der Waals surface area (Å²) in [4.78, 5) is 20.4. The van der Waals surface area contributed by atoms with Crippen molar-refractivity contribution in [3.05, 3.63) is 187 Å². The van der Waals surface area contributed by atoms with Crippen LogP contribution >= 0.6 is 0 Å². The van der Waals surface area contributed by atoms with Crippen molar-refractivity contribution < 1.29 is 0 Å². The molecule has 50 heavy (non-hydrogen) atoms. The number of nitrogens with zero attached hydrogens (tertiary/aromatic N) is 4. The highest BCUT2D eigenvalue weighted by atomic mass is 15.0. The SMILES string of the molecule is C1=CC(c2nc(-c3ccc4ccccc4c3)nc(-c3ccc4ccccc4c3)n2)CC=C1c1cc(-c2ccccc2)nc(-c2ccccc2)c1. The molecule has 6 aromatic carbocycles. The van der Waals surface area contributed by atoms with E-state index in [9.17, 15) is 0 Å². The van der Waals surface area contributed by atoms with Crippen LogP contribution in [0.3, 0.4) is 0 Å². The monoisotopic (exact) mass is 640 g/mol. The number of fused-ring (bicyclic) bond motifs is 2. The van der Waals surface area contributed by atoms with Crippen molar-refractivity contribution in [2.45, 2.75) is 12.3 Å². The van der Waals surface area contributed by atoms with E-state index in [0.29, 0.717) is 11.6 Å². The van der Waals surface area contributed by atoms with Crippen LogP contribution in [0.5, 0.6) is 0 Å². The Hall–Kier alpha value is -6.52. The van der Waals surface area contributed by atoms with Crippen LogP contribution in [0.25, 0.3) is 72.4 Å². The third-order valence-corrected chi connectivity index (χ3v) is 9.40. The van der Waals surface area contributed by atoms with E-state index in [-0.39, 0.29) is 5.92 Å². The van der Waals surface area contributed by atoms with Crippen molar-refractivity contribution in [2.24, 2.45) is 0 Å². The van der Waals surface area contributed by atoms with Gasteiger partial charge in [-0.3, -0.25) is 0 Å². The average molecular weight is 641 g/mol. The summed E-state index contributed by atoms with van der Waals surface area (Å²) in [7, 11) is 0. The second-order valence-electron chi connectivity index (χ2n) is 12.7. The predicted molar refractivity (Wildman–Crippen MR) is 205 cm³/mol. The number of pyridine rings is 1. The molecule has 0 radical (unpaired) electrons. The van der Waals surface area contributed by atoms with E-state index in [0.717, 1.165) is 67.8 Å². The first-order valence-electron chi connectivity index (χ1n) is 17.0. The van der Waals surface area contributed by atoms with Gasteiger partial charge < -0.3 is 0 Å². The van der Waals surface area contributed by atoms with Gasteiger partial charge in [0.15, 0.2) is 11.6 Å². The summed E-state index contributed by atoms with van der Waals surface area (Å²) in [6.07, 6.45) is 7.53. The van der Waals surface area contributed by atoms with Gasteiger partial charge in [-0.15, -0.1) is 0 Å². The van der Waals surface area contributed by atoms with E-state index in [1.54, 1.807) is 0 Å². The molecule has 4 heteroatoms. The number of hydrogen-bond donors (Lipinski definition) is 0.